The van der Waals surface area contributed by atoms with Gasteiger partial charge in [0.15, 0.2) is 0 Å². The van der Waals surface area contributed by atoms with Crippen LogP contribution in [0.1, 0.15) is 60.5 Å². The van der Waals surface area contributed by atoms with Crippen LogP contribution in [0.2, 0.25) is 0 Å². The van der Waals surface area contributed by atoms with E-state index in [2.05, 4.69) is 9.71 Å². The van der Waals surface area contributed by atoms with Crippen LogP contribution in [0.5, 0.6) is 0 Å². The van der Waals surface area contributed by atoms with E-state index in [4.69, 9.17) is 0 Å². The molecule has 156 valence electrons. The van der Waals surface area contributed by atoms with Crippen LogP contribution >= 0.6 is 0 Å². The summed E-state index contributed by atoms with van der Waals surface area (Å²) < 4.78 is 29.7. The highest BCUT2D eigenvalue weighted by Crippen LogP contribution is 2.41. The second kappa shape index (κ2) is 7.54. The van der Waals surface area contributed by atoms with E-state index in [1.165, 1.54) is 6.07 Å². The molecule has 0 bridgehead atoms. The Morgan fingerprint density at radius 2 is 1.87 bits per heavy atom. The molecule has 2 heterocycles. The number of sulfonamides is 1. The number of amidine groups is 1. The predicted molar refractivity (Wildman–Crippen MR) is 116 cm³/mol. The second-order valence-corrected chi connectivity index (χ2v) is 9.90. The smallest absolute Gasteiger partial charge is 0.286 e. The van der Waals surface area contributed by atoms with E-state index in [0.29, 0.717) is 29.4 Å². The van der Waals surface area contributed by atoms with Crippen LogP contribution < -0.4 is 10.2 Å². The van der Waals surface area contributed by atoms with Crippen molar-refractivity contribution in [3.8, 4) is 0 Å². The van der Waals surface area contributed by atoms with E-state index in [-0.39, 0.29) is 16.8 Å². The first-order valence-corrected chi connectivity index (χ1v) is 12.1. The largest absolute Gasteiger partial charge is 0.345 e. The van der Waals surface area contributed by atoms with Gasteiger partial charge in [-0.15, -0.1) is 4.40 Å². The summed E-state index contributed by atoms with van der Waals surface area (Å²) in [7, 11) is -3.80. The number of anilines is 1. The molecule has 5 rings (SSSR count). The van der Waals surface area contributed by atoms with Crippen molar-refractivity contribution in [3.63, 3.8) is 0 Å². The molecule has 2 fully saturated rings. The Hall–Kier alpha value is -2.67. The van der Waals surface area contributed by atoms with Gasteiger partial charge in [-0.05, 0) is 55.4 Å². The lowest BCUT2D eigenvalue weighted by Crippen LogP contribution is -2.35. The van der Waals surface area contributed by atoms with Crippen molar-refractivity contribution in [1.82, 2.24) is 5.32 Å². The average Bonchev–Trinajstić information content (AvgIpc) is 3.59. The van der Waals surface area contributed by atoms with Crippen LogP contribution in [-0.2, 0) is 10.0 Å². The molecule has 1 saturated carbocycles. The number of nitrogens with one attached hydrogen (secondary N) is 1. The zero-order chi connectivity index (χ0) is 20.7. The molecule has 2 aliphatic heterocycles. The van der Waals surface area contributed by atoms with Gasteiger partial charge >= 0.3 is 0 Å². The summed E-state index contributed by atoms with van der Waals surface area (Å²) in [5.41, 5.74) is 2.07. The summed E-state index contributed by atoms with van der Waals surface area (Å²) >= 11 is 0. The van der Waals surface area contributed by atoms with Gasteiger partial charge in [-0.1, -0.05) is 36.8 Å². The summed E-state index contributed by atoms with van der Waals surface area (Å²) in [4.78, 5) is 15.2. The Balaban J connectivity index is 1.45. The van der Waals surface area contributed by atoms with Crippen LogP contribution in [0.15, 0.2) is 57.8 Å². The number of hydrogen-bond donors (Lipinski definition) is 1. The first-order chi connectivity index (χ1) is 14.5. The second-order valence-electron chi connectivity index (χ2n) is 8.33. The van der Waals surface area contributed by atoms with Crippen LogP contribution in [0, 0.1) is 5.92 Å². The number of benzene rings is 2. The monoisotopic (exact) mass is 423 g/mol. The number of hydrogen-bond acceptors (Lipinski definition) is 4. The molecule has 7 heteroatoms. The lowest BCUT2D eigenvalue weighted by molar-refractivity contribution is 0.0931. The first kappa shape index (κ1) is 19.3. The van der Waals surface area contributed by atoms with Gasteiger partial charge in [-0.2, -0.15) is 8.42 Å². The van der Waals surface area contributed by atoms with Crippen molar-refractivity contribution >= 4 is 27.5 Å². The lowest BCUT2D eigenvalue weighted by Gasteiger charge is -2.29. The maximum Gasteiger partial charge on any atom is 0.286 e. The third-order valence-electron chi connectivity index (χ3n) is 6.15. The molecule has 1 saturated heterocycles. The molecule has 0 unspecified atom stereocenters. The Morgan fingerprint density at radius 3 is 2.63 bits per heavy atom. The van der Waals surface area contributed by atoms with Crippen LogP contribution in [0.25, 0.3) is 0 Å². The molecule has 2 aromatic rings. The van der Waals surface area contributed by atoms with Gasteiger partial charge < -0.3 is 10.2 Å². The fraction of sp³-hybridized carbons (Fsp3) is 0.391. The molecule has 1 N–H and O–H groups in total. The molecular weight excluding hydrogens is 398 g/mol. The first-order valence-electron chi connectivity index (χ1n) is 10.6. The Morgan fingerprint density at radius 1 is 1.07 bits per heavy atom. The minimum Gasteiger partial charge on any atom is -0.345 e. The number of nitrogens with zero attached hydrogens (tertiary/aromatic N) is 2. The van der Waals surface area contributed by atoms with Gasteiger partial charge in [-0.25, -0.2) is 0 Å². The Labute approximate surface area is 177 Å². The van der Waals surface area contributed by atoms with Gasteiger partial charge in [0.05, 0.1) is 11.7 Å². The molecule has 0 radical (unpaired) electrons. The molecule has 30 heavy (non-hydrogen) atoms. The average molecular weight is 424 g/mol. The van der Waals surface area contributed by atoms with Gasteiger partial charge in [0.25, 0.3) is 15.9 Å². The lowest BCUT2D eigenvalue weighted by atomic mass is 10.0. The fourth-order valence-electron chi connectivity index (χ4n) is 4.41. The SMILES string of the molecule is O=C(N[C@H](c1ccccc1)C1CC1)c1ccc2c(c1)S(=O)(=O)N=C1CCCCCN12. The number of rotatable bonds is 4. The van der Waals surface area contributed by atoms with Crippen molar-refractivity contribution in [2.24, 2.45) is 10.3 Å². The third-order valence-corrected chi connectivity index (χ3v) is 7.48. The van der Waals surface area contributed by atoms with Crippen molar-refractivity contribution < 1.29 is 13.2 Å². The number of fused-ring (bicyclic) bond motifs is 3. The van der Waals surface area contributed by atoms with Crippen LogP contribution in [-0.4, -0.2) is 26.7 Å². The highest BCUT2D eigenvalue weighted by molar-refractivity contribution is 7.90. The molecule has 0 spiro atoms. The summed E-state index contributed by atoms with van der Waals surface area (Å²) in [5.74, 6) is 0.802. The van der Waals surface area contributed by atoms with Crippen LogP contribution in [0.4, 0.5) is 5.69 Å². The van der Waals surface area contributed by atoms with Gasteiger partial charge in [0.1, 0.15) is 10.7 Å². The van der Waals surface area contributed by atoms with Gasteiger partial charge in [-0.3, -0.25) is 4.79 Å². The fourth-order valence-corrected chi connectivity index (χ4v) is 5.69. The van der Waals surface area contributed by atoms with E-state index >= 15 is 0 Å². The maximum absolute atomic E-state index is 13.0. The number of carbonyl (C=O) groups excluding carboxylic acids is 1. The van der Waals surface area contributed by atoms with Crippen molar-refractivity contribution in [1.29, 1.82) is 0 Å². The zero-order valence-corrected chi connectivity index (χ0v) is 17.6. The predicted octanol–water partition coefficient (Wildman–Crippen LogP) is 4.05. The molecule has 2 aromatic carbocycles. The van der Waals surface area contributed by atoms with Gasteiger partial charge in [0, 0.05) is 18.5 Å². The summed E-state index contributed by atoms with van der Waals surface area (Å²) in [6, 6.07) is 14.9. The Kier molecular flexibility index (Phi) is 4.85. The normalized spacial score (nSPS) is 20.9. The van der Waals surface area contributed by atoms with E-state index in [0.717, 1.165) is 44.2 Å². The van der Waals surface area contributed by atoms with Gasteiger partial charge in [0.2, 0.25) is 0 Å². The highest BCUT2D eigenvalue weighted by atomic mass is 32.2. The van der Waals surface area contributed by atoms with Crippen molar-refractivity contribution in [3.05, 3.63) is 59.7 Å². The summed E-state index contributed by atoms with van der Waals surface area (Å²) in [6.07, 6.45) is 5.85. The van der Waals surface area contributed by atoms with E-state index in [9.17, 15) is 13.2 Å². The van der Waals surface area contributed by atoms with Crippen molar-refractivity contribution in [2.45, 2.75) is 49.5 Å². The van der Waals surface area contributed by atoms with E-state index in [1.54, 1.807) is 12.1 Å². The molecule has 3 aliphatic rings. The molecule has 1 amide bonds. The minimum absolute atomic E-state index is 0.0541. The van der Waals surface area contributed by atoms with E-state index in [1.807, 2.05) is 35.2 Å². The van der Waals surface area contributed by atoms with Crippen LogP contribution in [0.3, 0.4) is 0 Å². The molecular formula is C23H25N3O3S. The quantitative estimate of drug-likeness (QED) is 0.805. The van der Waals surface area contributed by atoms with E-state index < -0.39 is 10.0 Å². The summed E-state index contributed by atoms with van der Waals surface area (Å²) in [5, 5.41) is 3.13. The number of carbonyl (C=O) groups is 1. The Bertz CT molecular complexity index is 1110. The zero-order valence-electron chi connectivity index (χ0n) is 16.8. The molecule has 6 nitrogen and oxygen atoms in total. The topological polar surface area (TPSA) is 78.8 Å². The summed E-state index contributed by atoms with van der Waals surface area (Å²) in [6.45, 7) is 0.755. The maximum atomic E-state index is 13.0. The standard InChI is InChI=1S/C23H25N3O3S/c27-23(24-22(17-10-11-17)16-7-3-1-4-8-16)18-12-13-19-20(15-18)30(28,29)25-21-9-5-2-6-14-26(19)21/h1,3-4,7-8,12-13,15,17,22H,2,5-6,9-11,14H2,(H,24,27)/t22-/m1/s1. The molecule has 1 aliphatic carbocycles. The third kappa shape index (κ3) is 3.62. The molecule has 0 aromatic heterocycles. The molecule has 1 atom stereocenters. The highest BCUT2D eigenvalue weighted by Gasteiger charge is 2.35. The minimum atomic E-state index is -3.80. The van der Waals surface area contributed by atoms with Crippen molar-refractivity contribution in [2.75, 3.05) is 11.4 Å². The number of amides is 1.